The number of carbonyl (C=O) groups is 1. The second kappa shape index (κ2) is 8.41. The number of aliphatic hydroxyl groups excluding tert-OH is 1. The maximum Gasteiger partial charge on any atom is 0.434 e. The lowest BCUT2D eigenvalue weighted by atomic mass is 10.2. The number of aromatic nitrogens is 2. The molecule has 0 radical (unpaired) electrons. The van der Waals surface area contributed by atoms with E-state index in [1.807, 2.05) is 0 Å². The van der Waals surface area contributed by atoms with Gasteiger partial charge in [-0.1, -0.05) is 0 Å². The third kappa shape index (κ3) is 4.67. The molecular weight excluding hydrogens is 375 g/mol. The van der Waals surface area contributed by atoms with E-state index in [2.05, 4.69) is 15.2 Å². The molecule has 0 bridgehead atoms. The Morgan fingerprint density at radius 1 is 1.38 bits per heavy atom. The number of anilines is 1. The lowest BCUT2D eigenvalue weighted by Gasteiger charge is -2.13. The van der Waals surface area contributed by atoms with Crippen molar-refractivity contribution in [1.82, 2.24) is 9.78 Å². The minimum atomic E-state index is -4.79. The van der Waals surface area contributed by atoms with Gasteiger partial charge in [0.1, 0.15) is 5.56 Å². The van der Waals surface area contributed by atoms with Gasteiger partial charge in [-0.05, 0) is 31.2 Å². The van der Waals surface area contributed by atoms with Crippen molar-refractivity contribution in [3.05, 3.63) is 41.7 Å². The number of hydrogen-bond donors (Lipinski definition) is 2. The van der Waals surface area contributed by atoms with Crippen LogP contribution in [0.3, 0.4) is 0 Å². The first-order valence-corrected chi connectivity index (χ1v) is 8.22. The third-order valence-corrected chi connectivity index (χ3v) is 3.72. The molecule has 6 nitrogen and oxygen atoms in total. The molecule has 2 rings (SSSR count). The van der Waals surface area contributed by atoms with Gasteiger partial charge in [-0.15, -0.1) is 11.6 Å². The minimum Gasteiger partial charge on any atom is -0.462 e. The molecule has 1 atom stereocenters. The summed E-state index contributed by atoms with van der Waals surface area (Å²) in [6, 6.07) is 5.88. The van der Waals surface area contributed by atoms with E-state index in [4.69, 9.17) is 11.6 Å². The number of alkyl halides is 4. The first-order valence-electron chi connectivity index (χ1n) is 7.68. The monoisotopic (exact) mass is 391 g/mol. The average molecular weight is 392 g/mol. The maximum atomic E-state index is 13.4. The van der Waals surface area contributed by atoms with Gasteiger partial charge < -0.3 is 15.2 Å². The highest BCUT2D eigenvalue weighted by Gasteiger charge is 2.41. The summed E-state index contributed by atoms with van der Waals surface area (Å²) in [7, 11) is 0. The SMILES string of the molecule is CCOC(=O)c1cnn(-c2ccc(NCC(O)CCl)cc2)c1C(F)(F)F. The number of carbonyl (C=O) groups excluding carboxylic acids is 1. The Kier molecular flexibility index (Phi) is 6.49. The fourth-order valence-corrected chi connectivity index (χ4v) is 2.30. The van der Waals surface area contributed by atoms with Crippen molar-refractivity contribution in [2.24, 2.45) is 0 Å². The average Bonchev–Trinajstić information content (AvgIpc) is 3.06. The summed E-state index contributed by atoms with van der Waals surface area (Å²) in [6.07, 6.45) is -4.70. The van der Waals surface area contributed by atoms with Crippen molar-refractivity contribution in [3.8, 4) is 5.69 Å². The van der Waals surface area contributed by atoms with E-state index in [-0.39, 0.29) is 24.7 Å². The molecule has 10 heteroatoms. The second-order valence-corrected chi connectivity index (χ2v) is 5.58. The van der Waals surface area contributed by atoms with Crippen molar-refractivity contribution < 1.29 is 27.8 Å². The van der Waals surface area contributed by atoms with Gasteiger partial charge in [0.15, 0.2) is 5.69 Å². The van der Waals surface area contributed by atoms with Crippen molar-refractivity contribution in [2.75, 3.05) is 24.3 Å². The topological polar surface area (TPSA) is 76.4 Å². The molecule has 2 aromatic rings. The number of aliphatic hydroxyl groups is 1. The number of hydrogen-bond acceptors (Lipinski definition) is 5. The maximum absolute atomic E-state index is 13.4. The van der Waals surface area contributed by atoms with E-state index in [1.54, 1.807) is 0 Å². The van der Waals surface area contributed by atoms with Crippen molar-refractivity contribution >= 4 is 23.3 Å². The molecule has 0 aliphatic rings. The molecule has 0 saturated carbocycles. The lowest BCUT2D eigenvalue weighted by molar-refractivity contribution is -0.143. The molecule has 0 aliphatic carbocycles. The number of halogens is 4. The van der Waals surface area contributed by atoms with Crippen LogP contribution in [-0.2, 0) is 10.9 Å². The van der Waals surface area contributed by atoms with Crippen LogP contribution in [0.2, 0.25) is 0 Å². The normalized spacial score (nSPS) is 12.7. The highest BCUT2D eigenvalue weighted by atomic mass is 35.5. The molecule has 0 saturated heterocycles. The molecule has 1 aromatic heterocycles. The van der Waals surface area contributed by atoms with E-state index in [1.165, 1.54) is 31.2 Å². The quantitative estimate of drug-likeness (QED) is 0.560. The van der Waals surface area contributed by atoms with Gasteiger partial charge in [0.2, 0.25) is 0 Å². The number of rotatable bonds is 7. The molecule has 0 spiro atoms. The molecule has 1 heterocycles. The molecular formula is C16H17ClF3N3O3. The largest absolute Gasteiger partial charge is 0.462 e. The van der Waals surface area contributed by atoms with Crippen LogP contribution in [0.15, 0.2) is 30.5 Å². The number of nitrogens with zero attached hydrogens (tertiary/aromatic N) is 2. The van der Waals surface area contributed by atoms with Gasteiger partial charge in [0.25, 0.3) is 0 Å². The zero-order valence-corrected chi connectivity index (χ0v) is 14.5. The molecule has 26 heavy (non-hydrogen) atoms. The highest BCUT2D eigenvalue weighted by molar-refractivity contribution is 6.18. The van der Waals surface area contributed by atoms with Gasteiger partial charge in [-0.25, -0.2) is 9.48 Å². The summed E-state index contributed by atoms with van der Waals surface area (Å²) in [5, 5.41) is 16.0. The molecule has 0 aliphatic heterocycles. The molecule has 0 amide bonds. The van der Waals surface area contributed by atoms with Crippen LogP contribution in [0.5, 0.6) is 0 Å². The van der Waals surface area contributed by atoms with Crippen LogP contribution in [0, 0.1) is 0 Å². The van der Waals surface area contributed by atoms with Crippen LogP contribution < -0.4 is 5.32 Å². The van der Waals surface area contributed by atoms with Crippen LogP contribution in [-0.4, -0.2) is 46.0 Å². The van der Waals surface area contributed by atoms with Gasteiger partial charge in [0.05, 0.1) is 30.5 Å². The Morgan fingerprint density at radius 3 is 2.58 bits per heavy atom. The van der Waals surface area contributed by atoms with E-state index in [9.17, 15) is 23.1 Å². The van der Waals surface area contributed by atoms with Crippen LogP contribution in [0.4, 0.5) is 18.9 Å². The Hall–Kier alpha value is -2.26. The zero-order valence-electron chi connectivity index (χ0n) is 13.8. The van der Waals surface area contributed by atoms with Gasteiger partial charge in [-0.3, -0.25) is 0 Å². The fraction of sp³-hybridized carbons (Fsp3) is 0.375. The van der Waals surface area contributed by atoms with Gasteiger partial charge >= 0.3 is 12.1 Å². The molecule has 0 fully saturated rings. The summed E-state index contributed by atoms with van der Waals surface area (Å²) < 4.78 is 45.6. The Labute approximate surface area is 152 Å². The first-order chi connectivity index (χ1) is 12.3. The Bertz CT molecular complexity index is 747. The predicted molar refractivity (Wildman–Crippen MR) is 89.7 cm³/mol. The van der Waals surface area contributed by atoms with E-state index >= 15 is 0 Å². The summed E-state index contributed by atoms with van der Waals surface area (Å²) in [5.74, 6) is -1.02. The van der Waals surface area contributed by atoms with Gasteiger partial charge in [0, 0.05) is 12.2 Å². The number of benzene rings is 1. The Morgan fingerprint density at radius 2 is 2.04 bits per heavy atom. The number of ether oxygens (including phenoxy) is 1. The third-order valence-electron chi connectivity index (χ3n) is 3.36. The Balaban J connectivity index is 2.32. The van der Waals surface area contributed by atoms with Crippen molar-refractivity contribution in [3.63, 3.8) is 0 Å². The van der Waals surface area contributed by atoms with Crippen LogP contribution >= 0.6 is 11.6 Å². The highest BCUT2D eigenvalue weighted by Crippen LogP contribution is 2.34. The van der Waals surface area contributed by atoms with Crippen molar-refractivity contribution in [1.29, 1.82) is 0 Å². The van der Waals surface area contributed by atoms with E-state index < -0.39 is 29.5 Å². The van der Waals surface area contributed by atoms with Crippen LogP contribution in [0.1, 0.15) is 23.0 Å². The van der Waals surface area contributed by atoms with E-state index in [0.29, 0.717) is 10.4 Å². The first kappa shape index (κ1) is 20.1. The van der Waals surface area contributed by atoms with Crippen molar-refractivity contribution in [2.45, 2.75) is 19.2 Å². The fourth-order valence-electron chi connectivity index (χ4n) is 2.19. The summed E-state index contributed by atoms with van der Waals surface area (Å²) in [6.45, 7) is 1.66. The molecule has 142 valence electrons. The summed E-state index contributed by atoms with van der Waals surface area (Å²) in [5.41, 5.74) is -1.14. The van der Waals surface area contributed by atoms with E-state index in [0.717, 1.165) is 6.20 Å². The number of esters is 1. The number of nitrogens with one attached hydrogen (secondary N) is 1. The molecule has 1 aromatic carbocycles. The lowest BCUT2D eigenvalue weighted by Crippen LogP contribution is -2.20. The predicted octanol–water partition coefficient (Wildman–Crippen LogP) is 3.08. The minimum absolute atomic E-state index is 0.0458. The standard InChI is InChI=1S/C16H17ClF3N3O3/c1-2-26-15(25)13-9-22-23(14(13)16(18,19)20)11-5-3-10(4-6-11)21-8-12(24)7-17/h3-6,9,12,21,24H,2,7-8H2,1H3. The van der Waals surface area contributed by atoms with Gasteiger partial charge in [-0.2, -0.15) is 18.3 Å². The zero-order chi connectivity index (χ0) is 19.3. The second-order valence-electron chi connectivity index (χ2n) is 5.27. The molecule has 2 N–H and O–H groups in total. The smallest absolute Gasteiger partial charge is 0.434 e. The molecule has 1 unspecified atom stereocenters. The summed E-state index contributed by atoms with van der Waals surface area (Å²) in [4.78, 5) is 11.8. The van der Waals surface area contributed by atoms with Crippen LogP contribution in [0.25, 0.3) is 5.69 Å². The summed E-state index contributed by atoms with van der Waals surface area (Å²) >= 11 is 5.49.